The highest BCUT2D eigenvalue weighted by Crippen LogP contribution is 2.68. The molecule has 4 aliphatic carbocycles. The van der Waals surface area contributed by atoms with Crippen LogP contribution >= 0.6 is 0 Å². The second kappa shape index (κ2) is 10.5. The number of rotatable bonds is 5. The van der Waals surface area contributed by atoms with Crippen LogP contribution in [0.2, 0.25) is 0 Å². The van der Waals surface area contributed by atoms with Gasteiger partial charge in [0.2, 0.25) is 6.29 Å². The first-order valence-corrected chi connectivity index (χ1v) is 14.2. The number of ether oxygens (including phenoxy) is 2. The molecule has 39 heavy (non-hydrogen) atoms. The lowest BCUT2D eigenvalue weighted by molar-refractivity contribution is -0.286. The maximum Gasteiger partial charge on any atom is 0.335 e. The average molecular weight is 559 g/mol. The molecule has 0 spiro atoms. The topological polar surface area (TPSA) is 174 Å². The number of fused-ring (bicyclic) bond motifs is 5. The number of carboxylic acid groups (broad SMARTS) is 1. The van der Waals surface area contributed by atoms with Crippen LogP contribution in [-0.4, -0.2) is 85.5 Å². The number of esters is 1. The molecule has 1 unspecified atom stereocenters. The fourth-order valence-electron chi connectivity index (χ4n) is 9.22. The molecule has 0 aromatic rings. The molecule has 1 aliphatic heterocycles. The quantitative estimate of drug-likeness (QED) is 0.271. The molecule has 0 aromatic carbocycles. The zero-order chi connectivity index (χ0) is 32.0. The predicted molar refractivity (Wildman–Crippen MR) is 137 cm³/mol. The van der Waals surface area contributed by atoms with Crippen LogP contribution in [0.3, 0.4) is 0 Å². The summed E-state index contributed by atoms with van der Waals surface area (Å²) in [5.74, 6) is -3.08. The first-order chi connectivity index (χ1) is 19.8. The molecule has 1 heterocycles. The highest BCUT2D eigenvalue weighted by molar-refractivity contribution is 5.73. The Bertz CT molecular complexity index is 1110. The van der Waals surface area contributed by atoms with Gasteiger partial charge >= 0.3 is 11.9 Å². The molecule has 0 radical (unpaired) electrons. The number of carbonyl (C=O) groups excluding carboxylic acids is 1. The van der Waals surface area contributed by atoms with Crippen LogP contribution < -0.4 is 0 Å². The summed E-state index contributed by atoms with van der Waals surface area (Å²) < 4.78 is 44.2. The van der Waals surface area contributed by atoms with Crippen molar-refractivity contribution in [1.29, 1.82) is 0 Å². The Morgan fingerprint density at radius 2 is 1.72 bits per heavy atom. The van der Waals surface area contributed by atoms with Gasteiger partial charge in [0.1, 0.15) is 18.3 Å². The number of carboxylic acids is 1. The molecule has 222 valence electrons. The van der Waals surface area contributed by atoms with E-state index in [0.29, 0.717) is 6.42 Å². The Hall–Kier alpha value is -1.30. The molecular formula is C29H46O10. The van der Waals surface area contributed by atoms with Gasteiger partial charge in [-0.1, -0.05) is 20.8 Å². The standard InChI is InChI=1S/C29H46O10/c1-13(10-20(32)38-27-24(35)22(33)23(34)25(39-27)26(36)37)16-4-5-17-21-18(7-9-29(16,17)3)28(2)8-6-15(30)11-14(28)12-19(21)31/h13-19,21-25,27,30-31,33-35H,4-12H2,1-3H3,(H,36,37)/t13-,14+,15-,16-,17+,18+,19+,21+,22+,23+,24-,25+,27-,28+,29-/m1/s1/i6D2,11D,15D/t11?,13-,14+,15-,16-,17+,18+,19+,21+,22+,23+,24-,25+,27-,28+,29-. The summed E-state index contributed by atoms with van der Waals surface area (Å²) in [7, 11) is 0. The number of aliphatic hydroxyl groups excluding tert-OH is 4. The summed E-state index contributed by atoms with van der Waals surface area (Å²) in [5.41, 5.74) is -0.903. The zero-order valence-corrected chi connectivity index (χ0v) is 22.8. The SMILES string of the molecule is [2H]C1[C@H]2C[C@H](O)[C@@H]3[C@H](CC[C@]4(C)[C@@H]([C@H](C)CC(=O)O[C@@H]5O[C@H](C(=O)O)[C@@H](O)[C@H](O)[C@H]5O)CC[C@@H]34)[C@@]2(C)CC([2H])([2H])[C@@]1([2H])O. The summed E-state index contributed by atoms with van der Waals surface area (Å²) in [4.78, 5) is 24.3. The maximum absolute atomic E-state index is 12.9. The molecule has 5 rings (SSSR count). The second-order valence-electron chi connectivity index (χ2n) is 13.2. The van der Waals surface area contributed by atoms with Gasteiger partial charge < -0.3 is 40.1 Å². The lowest BCUT2D eigenvalue weighted by atomic mass is 9.43. The maximum atomic E-state index is 12.9. The van der Waals surface area contributed by atoms with E-state index in [-0.39, 0.29) is 54.3 Å². The monoisotopic (exact) mass is 558 g/mol. The lowest BCUT2D eigenvalue weighted by Gasteiger charge is -2.62. The van der Waals surface area contributed by atoms with E-state index >= 15 is 0 Å². The number of aliphatic carboxylic acids is 1. The highest BCUT2D eigenvalue weighted by atomic mass is 16.7. The summed E-state index contributed by atoms with van der Waals surface area (Å²) in [5, 5.41) is 61.6. The van der Waals surface area contributed by atoms with Crippen molar-refractivity contribution in [3.63, 3.8) is 0 Å². The first kappa shape index (κ1) is 24.3. The molecule has 0 bridgehead atoms. The Balaban J connectivity index is 1.29. The molecule has 1 saturated heterocycles. The van der Waals surface area contributed by atoms with E-state index in [1.165, 1.54) is 0 Å². The Morgan fingerprint density at radius 1 is 1.03 bits per heavy atom. The number of hydrogen-bond acceptors (Lipinski definition) is 9. The van der Waals surface area contributed by atoms with Gasteiger partial charge in [-0.15, -0.1) is 0 Å². The van der Waals surface area contributed by atoms with E-state index in [4.69, 9.17) is 15.0 Å². The van der Waals surface area contributed by atoms with E-state index in [9.17, 15) is 40.2 Å². The van der Waals surface area contributed by atoms with Gasteiger partial charge in [-0.2, -0.15) is 0 Å². The normalized spacial score (nSPS) is 58.8. The van der Waals surface area contributed by atoms with Gasteiger partial charge in [-0.25, -0.2) is 4.79 Å². The largest absolute Gasteiger partial charge is 0.479 e. The molecule has 10 heteroatoms. The van der Waals surface area contributed by atoms with E-state index in [2.05, 4.69) is 6.92 Å². The van der Waals surface area contributed by atoms with Crippen molar-refractivity contribution in [3.8, 4) is 0 Å². The third-order valence-electron chi connectivity index (χ3n) is 11.3. The third kappa shape index (κ3) is 4.83. The van der Waals surface area contributed by atoms with Crippen molar-refractivity contribution in [2.24, 2.45) is 46.3 Å². The van der Waals surface area contributed by atoms with E-state index in [1.54, 1.807) is 0 Å². The van der Waals surface area contributed by atoms with Crippen molar-refractivity contribution in [2.45, 2.75) is 121 Å². The predicted octanol–water partition coefficient (Wildman–Crippen LogP) is 1.44. The molecule has 4 saturated carbocycles. The van der Waals surface area contributed by atoms with Crippen LogP contribution in [0.4, 0.5) is 0 Å². The van der Waals surface area contributed by atoms with Gasteiger partial charge in [0.25, 0.3) is 0 Å². The smallest absolute Gasteiger partial charge is 0.335 e. The summed E-state index contributed by atoms with van der Waals surface area (Å²) >= 11 is 0. The number of carbonyl (C=O) groups is 2. The minimum Gasteiger partial charge on any atom is -0.479 e. The molecule has 6 N–H and O–H groups in total. The number of aliphatic hydroxyl groups is 5. The third-order valence-corrected chi connectivity index (χ3v) is 11.3. The van der Waals surface area contributed by atoms with Gasteiger partial charge in [0.05, 0.1) is 13.6 Å². The van der Waals surface area contributed by atoms with Crippen molar-refractivity contribution < 1.29 is 55.2 Å². The van der Waals surface area contributed by atoms with Crippen LogP contribution in [0, 0.1) is 46.3 Å². The van der Waals surface area contributed by atoms with Crippen LogP contribution in [0.5, 0.6) is 0 Å². The fraction of sp³-hybridized carbons (Fsp3) is 0.931. The molecular weight excluding hydrogens is 508 g/mol. The second-order valence-corrected chi connectivity index (χ2v) is 13.2. The van der Waals surface area contributed by atoms with Crippen molar-refractivity contribution in [3.05, 3.63) is 0 Å². The fourth-order valence-corrected chi connectivity index (χ4v) is 9.22. The molecule has 0 amide bonds. The van der Waals surface area contributed by atoms with Crippen LogP contribution in [0.25, 0.3) is 0 Å². The Morgan fingerprint density at radius 3 is 2.41 bits per heavy atom. The summed E-state index contributed by atoms with van der Waals surface area (Å²) in [6.07, 6.45) is -13.0. The van der Waals surface area contributed by atoms with Crippen LogP contribution in [-0.2, 0) is 19.1 Å². The van der Waals surface area contributed by atoms with E-state index < -0.39 is 78.9 Å². The molecule has 5 fully saturated rings. The van der Waals surface area contributed by atoms with Crippen LogP contribution in [0.15, 0.2) is 0 Å². The van der Waals surface area contributed by atoms with Gasteiger partial charge in [0, 0.05) is 10.5 Å². The molecule has 0 aromatic heterocycles. The van der Waals surface area contributed by atoms with E-state index in [0.717, 1.165) is 19.3 Å². The minimum absolute atomic E-state index is 0.0490. The van der Waals surface area contributed by atoms with Crippen molar-refractivity contribution in [1.82, 2.24) is 0 Å². The molecule has 16 atom stereocenters. The van der Waals surface area contributed by atoms with Crippen LogP contribution in [0.1, 0.15) is 84.0 Å². The molecule has 10 nitrogen and oxygen atoms in total. The van der Waals surface area contributed by atoms with Gasteiger partial charge in [-0.05, 0) is 97.6 Å². The Labute approximate surface area is 235 Å². The minimum atomic E-state index is -2.56. The summed E-state index contributed by atoms with van der Waals surface area (Å²) in [6.45, 7) is 6.07. The highest BCUT2D eigenvalue weighted by Gasteiger charge is 2.63. The Kier molecular flexibility index (Phi) is 6.55. The lowest BCUT2D eigenvalue weighted by Crippen LogP contribution is -2.60. The summed E-state index contributed by atoms with van der Waals surface area (Å²) in [6, 6.07) is 0. The number of hydrogen-bond donors (Lipinski definition) is 6. The van der Waals surface area contributed by atoms with E-state index in [1.807, 2.05) is 13.8 Å². The first-order valence-electron chi connectivity index (χ1n) is 16.3. The van der Waals surface area contributed by atoms with Gasteiger partial charge in [-0.3, -0.25) is 4.79 Å². The molecule has 5 aliphatic rings. The average Bonchev–Trinajstić information content (AvgIpc) is 3.26. The zero-order valence-electron chi connectivity index (χ0n) is 26.8. The van der Waals surface area contributed by atoms with Crippen molar-refractivity contribution in [2.75, 3.05) is 0 Å². The van der Waals surface area contributed by atoms with Gasteiger partial charge in [0.15, 0.2) is 6.10 Å². The van der Waals surface area contributed by atoms with Crippen molar-refractivity contribution >= 4 is 11.9 Å².